The fourth-order valence-electron chi connectivity index (χ4n) is 1.34. The number of halogens is 3. The van der Waals surface area contributed by atoms with Crippen LogP contribution in [0.1, 0.15) is 41.7 Å². The van der Waals surface area contributed by atoms with Crippen LogP contribution in [-0.2, 0) is 10.9 Å². The minimum Gasteiger partial charge on any atom is -0.372 e. The largest absolute Gasteiger partial charge is 0.435 e. The molecule has 1 aromatic heterocycles. The molecule has 4 nitrogen and oxygen atoms in total. The minimum absolute atomic E-state index is 0.0455. The molecule has 0 aliphatic carbocycles. The first-order valence-electron chi connectivity index (χ1n) is 4.64. The number of H-pyrrole nitrogens is 1. The molecule has 0 saturated carbocycles. The zero-order chi connectivity index (χ0) is 12.3. The second-order valence-corrected chi connectivity index (χ2v) is 3.11. The third-order valence-corrected chi connectivity index (χ3v) is 2.04. The zero-order valence-corrected chi connectivity index (χ0v) is 8.76. The number of carbonyl (C=O) groups is 1. The van der Waals surface area contributed by atoms with Gasteiger partial charge in [-0.05, 0) is 13.8 Å². The molecule has 0 aliphatic rings. The summed E-state index contributed by atoms with van der Waals surface area (Å²) in [5.74, 6) is 0. The van der Waals surface area contributed by atoms with Crippen molar-refractivity contribution in [1.29, 1.82) is 0 Å². The van der Waals surface area contributed by atoms with Crippen molar-refractivity contribution in [3.05, 3.63) is 17.0 Å². The van der Waals surface area contributed by atoms with Gasteiger partial charge in [-0.1, -0.05) is 0 Å². The number of aromatic amines is 1. The molecule has 1 atom stereocenters. The first-order chi connectivity index (χ1) is 7.41. The number of aromatic nitrogens is 2. The highest BCUT2D eigenvalue weighted by Gasteiger charge is 2.38. The van der Waals surface area contributed by atoms with E-state index in [-0.39, 0.29) is 12.0 Å². The van der Waals surface area contributed by atoms with Gasteiger partial charge in [0.05, 0.1) is 17.4 Å². The Balaban J connectivity index is 3.13. The molecule has 0 spiro atoms. The predicted octanol–water partition coefficient (Wildman–Crippen LogP) is 2.34. The van der Waals surface area contributed by atoms with Gasteiger partial charge in [-0.15, -0.1) is 0 Å². The summed E-state index contributed by atoms with van der Waals surface area (Å²) in [6.07, 6.45) is -5.14. The summed E-state index contributed by atoms with van der Waals surface area (Å²) in [5, 5.41) is 5.29. The highest BCUT2D eigenvalue weighted by Crippen LogP contribution is 2.32. The number of ether oxygens (including phenoxy) is 1. The number of nitrogens with one attached hydrogen (secondary N) is 1. The number of hydrogen-bond donors (Lipinski definition) is 1. The minimum atomic E-state index is -4.64. The van der Waals surface area contributed by atoms with Crippen LogP contribution in [-0.4, -0.2) is 23.1 Å². The summed E-state index contributed by atoms with van der Waals surface area (Å²) < 4.78 is 42.3. The molecule has 16 heavy (non-hydrogen) atoms. The number of aldehydes is 1. The van der Waals surface area contributed by atoms with Crippen LogP contribution in [0.3, 0.4) is 0 Å². The van der Waals surface area contributed by atoms with Crippen LogP contribution < -0.4 is 0 Å². The van der Waals surface area contributed by atoms with Crippen molar-refractivity contribution in [1.82, 2.24) is 10.2 Å². The van der Waals surface area contributed by atoms with Crippen LogP contribution in [0.25, 0.3) is 0 Å². The Morgan fingerprint density at radius 3 is 2.62 bits per heavy atom. The van der Waals surface area contributed by atoms with Crippen LogP contribution in [0.4, 0.5) is 13.2 Å². The quantitative estimate of drug-likeness (QED) is 0.816. The maximum atomic E-state index is 12.4. The summed E-state index contributed by atoms with van der Waals surface area (Å²) in [6, 6.07) is 0. The van der Waals surface area contributed by atoms with Crippen LogP contribution >= 0.6 is 0 Å². The summed E-state index contributed by atoms with van der Waals surface area (Å²) in [7, 11) is 0. The highest BCUT2D eigenvalue weighted by molar-refractivity contribution is 5.78. The lowest BCUT2D eigenvalue weighted by molar-refractivity contribution is -0.141. The van der Waals surface area contributed by atoms with Gasteiger partial charge in [-0.25, -0.2) is 0 Å². The van der Waals surface area contributed by atoms with Gasteiger partial charge >= 0.3 is 6.18 Å². The maximum absolute atomic E-state index is 12.4. The fraction of sp³-hybridized carbons (Fsp3) is 0.556. The summed E-state index contributed by atoms with van der Waals surface area (Å²) in [6.45, 7) is 3.59. The third kappa shape index (κ3) is 2.41. The summed E-state index contributed by atoms with van der Waals surface area (Å²) in [4.78, 5) is 10.6. The predicted molar refractivity (Wildman–Crippen MR) is 49.0 cm³/mol. The summed E-state index contributed by atoms with van der Waals surface area (Å²) in [5.41, 5.74) is -1.65. The van der Waals surface area contributed by atoms with Crippen molar-refractivity contribution >= 4 is 6.29 Å². The van der Waals surface area contributed by atoms with Crippen LogP contribution in [0.5, 0.6) is 0 Å². The molecular weight excluding hydrogens is 225 g/mol. The van der Waals surface area contributed by atoms with E-state index < -0.39 is 23.5 Å². The molecular formula is C9H11F3N2O2. The molecule has 0 saturated heterocycles. The van der Waals surface area contributed by atoms with E-state index in [1.165, 1.54) is 0 Å². The van der Waals surface area contributed by atoms with E-state index >= 15 is 0 Å². The van der Waals surface area contributed by atoms with Gasteiger partial charge in [0.15, 0.2) is 12.0 Å². The standard InChI is InChI=1S/C9H11F3N2O2/c1-3-16-5(2)7-6(4-15)8(14-13-7)9(10,11)12/h4-5H,3H2,1-2H3,(H,13,14). The monoisotopic (exact) mass is 236 g/mol. The number of alkyl halides is 3. The van der Waals surface area contributed by atoms with E-state index in [0.29, 0.717) is 6.61 Å². The van der Waals surface area contributed by atoms with E-state index in [4.69, 9.17) is 4.74 Å². The number of hydrogen-bond acceptors (Lipinski definition) is 3. The first-order valence-corrected chi connectivity index (χ1v) is 4.64. The Hall–Kier alpha value is -1.37. The SMILES string of the molecule is CCOC(C)c1[nH]nc(C(F)(F)F)c1C=O. The van der Waals surface area contributed by atoms with E-state index in [1.54, 1.807) is 13.8 Å². The average Bonchev–Trinajstić information content (AvgIpc) is 2.60. The van der Waals surface area contributed by atoms with Crippen LogP contribution in [0, 0.1) is 0 Å². The van der Waals surface area contributed by atoms with Crippen LogP contribution in [0.2, 0.25) is 0 Å². The molecule has 1 unspecified atom stereocenters. The Labute approximate surface area is 89.8 Å². The molecule has 0 aromatic carbocycles. The summed E-state index contributed by atoms with van der Waals surface area (Å²) >= 11 is 0. The Bertz CT molecular complexity index is 373. The second kappa shape index (κ2) is 4.65. The van der Waals surface area contributed by atoms with Crippen molar-refractivity contribution in [3.63, 3.8) is 0 Å². The lowest BCUT2D eigenvalue weighted by Crippen LogP contribution is -2.10. The second-order valence-electron chi connectivity index (χ2n) is 3.11. The number of nitrogens with zero attached hydrogens (tertiary/aromatic N) is 1. The zero-order valence-electron chi connectivity index (χ0n) is 8.76. The topological polar surface area (TPSA) is 55.0 Å². The normalized spacial score (nSPS) is 13.8. The van der Waals surface area contributed by atoms with E-state index in [0.717, 1.165) is 0 Å². The Morgan fingerprint density at radius 2 is 2.19 bits per heavy atom. The van der Waals surface area contributed by atoms with Crippen molar-refractivity contribution in [2.75, 3.05) is 6.61 Å². The molecule has 0 aliphatic heterocycles. The highest BCUT2D eigenvalue weighted by atomic mass is 19.4. The molecule has 1 heterocycles. The maximum Gasteiger partial charge on any atom is 0.435 e. The Morgan fingerprint density at radius 1 is 1.56 bits per heavy atom. The molecule has 1 N–H and O–H groups in total. The van der Waals surface area contributed by atoms with Crippen molar-refractivity contribution in [2.24, 2.45) is 0 Å². The molecule has 0 fully saturated rings. The van der Waals surface area contributed by atoms with Gasteiger partial charge in [-0.2, -0.15) is 18.3 Å². The lowest BCUT2D eigenvalue weighted by atomic mass is 10.1. The average molecular weight is 236 g/mol. The molecule has 0 radical (unpaired) electrons. The molecule has 0 amide bonds. The van der Waals surface area contributed by atoms with Crippen molar-refractivity contribution < 1.29 is 22.7 Å². The molecule has 7 heteroatoms. The molecule has 90 valence electrons. The van der Waals surface area contributed by atoms with Crippen molar-refractivity contribution in [2.45, 2.75) is 26.1 Å². The van der Waals surface area contributed by atoms with Gasteiger partial charge in [0.25, 0.3) is 0 Å². The smallest absolute Gasteiger partial charge is 0.372 e. The van der Waals surface area contributed by atoms with Gasteiger partial charge < -0.3 is 4.74 Å². The van der Waals surface area contributed by atoms with E-state index in [9.17, 15) is 18.0 Å². The van der Waals surface area contributed by atoms with Gasteiger partial charge in [0.2, 0.25) is 0 Å². The molecule has 1 rings (SSSR count). The van der Waals surface area contributed by atoms with Gasteiger partial charge in [0, 0.05) is 6.61 Å². The van der Waals surface area contributed by atoms with E-state index in [2.05, 4.69) is 10.2 Å². The number of carbonyl (C=O) groups excluding carboxylic acids is 1. The molecule has 1 aromatic rings. The fourth-order valence-corrected chi connectivity index (χ4v) is 1.34. The van der Waals surface area contributed by atoms with E-state index in [1.807, 2.05) is 0 Å². The Kier molecular flexibility index (Phi) is 3.69. The molecule has 0 bridgehead atoms. The number of rotatable bonds is 4. The first kappa shape index (κ1) is 12.7. The lowest BCUT2D eigenvalue weighted by Gasteiger charge is -2.10. The van der Waals surface area contributed by atoms with Crippen LogP contribution in [0.15, 0.2) is 0 Å². The van der Waals surface area contributed by atoms with Crippen molar-refractivity contribution in [3.8, 4) is 0 Å². The third-order valence-electron chi connectivity index (χ3n) is 2.04. The van der Waals surface area contributed by atoms with Gasteiger partial charge in [-0.3, -0.25) is 9.89 Å². The van der Waals surface area contributed by atoms with Gasteiger partial charge in [0.1, 0.15) is 0 Å².